The topological polar surface area (TPSA) is 140 Å². The molecule has 224 valence electrons. The first-order chi connectivity index (χ1) is 20.8. The molecule has 1 aliphatic carbocycles. The Balaban J connectivity index is 1.44. The van der Waals surface area contributed by atoms with Crippen LogP contribution in [0.5, 0.6) is 11.5 Å². The van der Waals surface area contributed by atoms with E-state index in [2.05, 4.69) is 4.98 Å². The lowest BCUT2D eigenvalue weighted by atomic mass is 9.68. The van der Waals surface area contributed by atoms with Gasteiger partial charge in [-0.25, -0.2) is 0 Å². The van der Waals surface area contributed by atoms with Crippen molar-refractivity contribution < 1.29 is 34.8 Å². The van der Waals surface area contributed by atoms with Gasteiger partial charge in [-0.2, -0.15) is 0 Å². The number of ether oxygens (including phenoxy) is 1. The van der Waals surface area contributed by atoms with Crippen LogP contribution in [0.25, 0.3) is 11.6 Å². The summed E-state index contributed by atoms with van der Waals surface area (Å²) in [7, 11) is 1.48. The molecule has 3 aromatic rings. The van der Waals surface area contributed by atoms with Gasteiger partial charge in [0, 0.05) is 12.1 Å². The summed E-state index contributed by atoms with van der Waals surface area (Å²) in [5.41, 5.74) is 3.64. The Kier molecular flexibility index (Phi) is 9.60. The van der Waals surface area contributed by atoms with Crippen molar-refractivity contribution in [3.63, 3.8) is 0 Å². The van der Waals surface area contributed by atoms with Gasteiger partial charge in [0.2, 0.25) is 11.8 Å². The summed E-state index contributed by atoms with van der Waals surface area (Å²) in [5.74, 6) is -2.76. The van der Waals surface area contributed by atoms with Crippen molar-refractivity contribution in [2.24, 2.45) is 17.8 Å². The number of aromatic nitrogens is 1. The first kappa shape index (κ1) is 30.9. The summed E-state index contributed by atoms with van der Waals surface area (Å²) < 4.78 is 5.93. The average Bonchev–Trinajstić information content (AvgIpc) is 3.29. The van der Waals surface area contributed by atoms with E-state index in [1.165, 1.54) is 7.11 Å². The SMILES string of the molecule is COc1cc(/C=C(/CC[C@@H](O)C2=C(CO)C[C@H]3C(=O)N(c4ccccc4)C(=O)[C@H]3[C@H]2CO)c2ccccn2)cc(I)c1O. The Hall–Kier alpha value is -3.58. The fourth-order valence-electron chi connectivity index (χ4n) is 6.25. The minimum absolute atomic E-state index is 0.0509. The molecule has 1 saturated heterocycles. The van der Waals surface area contributed by atoms with Crippen LogP contribution < -0.4 is 9.64 Å². The Bertz CT molecular complexity index is 1560. The third-order valence-corrected chi connectivity index (χ3v) is 9.06. The molecule has 4 atom stereocenters. The van der Waals surface area contributed by atoms with Gasteiger partial charge in [-0.1, -0.05) is 24.3 Å². The number of carbonyl (C=O) groups is 2. The number of halogens is 1. The molecule has 2 aromatic carbocycles. The van der Waals surface area contributed by atoms with E-state index in [-0.39, 0.29) is 24.5 Å². The van der Waals surface area contributed by atoms with Gasteiger partial charge in [0.15, 0.2) is 11.5 Å². The van der Waals surface area contributed by atoms with Crippen molar-refractivity contribution in [3.8, 4) is 11.5 Å². The molecule has 4 N–H and O–H groups in total. The lowest BCUT2D eigenvalue weighted by molar-refractivity contribution is -0.123. The molecule has 10 heteroatoms. The number of benzene rings is 2. The Morgan fingerprint density at radius 1 is 1.12 bits per heavy atom. The van der Waals surface area contributed by atoms with Gasteiger partial charge >= 0.3 is 0 Å². The number of amides is 2. The summed E-state index contributed by atoms with van der Waals surface area (Å²) in [6, 6.07) is 17.7. The highest BCUT2D eigenvalue weighted by Gasteiger charge is 2.55. The first-order valence-corrected chi connectivity index (χ1v) is 15.1. The van der Waals surface area contributed by atoms with E-state index >= 15 is 0 Å². The molecular formula is C33H33IN2O7. The largest absolute Gasteiger partial charge is 0.504 e. The van der Waals surface area contributed by atoms with E-state index in [9.17, 15) is 30.0 Å². The number of nitrogens with zero attached hydrogens (tertiary/aromatic N) is 2. The van der Waals surface area contributed by atoms with Crippen LogP contribution in [0, 0.1) is 21.3 Å². The zero-order valence-corrected chi connectivity index (χ0v) is 25.7. The van der Waals surface area contributed by atoms with E-state index in [1.54, 1.807) is 42.6 Å². The second kappa shape index (κ2) is 13.4. The van der Waals surface area contributed by atoms with Gasteiger partial charge in [-0.15, -0.1) is 0 Å². The van der Waals surface area contributed by atoms with E-state index in [0.29, 0.717) is 38.3 Å². The molecular weight excluding hydrogens is 663 g/mol. The number of imide groups is 1. The molecule has 5 rings (SSSR count). The minimum atomic E-state index is -1.09. The fourth-order valence-corrected chi connectivity index (χ4v) is 6.87. The van der Waals surface area contributed by atoms with Crippen LogP contribution in [-0.4, -0.2) is 63.7 Å². The van der Waals surface area contributed by atoms with Crippen molar-refractivity contribution in [2.45, 2.75) is 25.4 Å². The normalized spacial score (nSPS) is 21.3. The lowest BCUT2D eigenvalue weighted by Crippen LogP contribution is -2.39. The standard InChI is InChI=1S/C33H33IN2O7/c1-43-28-15-19(14-25(34)31(28)40)13-20(26-9-5-6-12-35-26)10-11-27(39)29-21(17-37)16-23-30(24(29)18-38)33(42)36(32(23)41)22-7-3-2-4-8-22/h2-9,12-15,23-24,27,30,37-40H,10-11,16-18H2,1H3/b20-13-/t23-,24+,27-,30-/m1/s1. The summed E-state index contributed by atoms with van der Waals surface area (Å²) in [6.45, 7) is -0.846. The van der Waals surface area contributed by atoms with Gasteiger partial charge in [-0.3, -0.25) is 19.5 Å². The molecule has 0 bridgehead atoms. The maximum atomic E-state index is 13.6. The maximum Gasteiger partial charge on any atom is 0.238 e. The summed E-state index contributed by atoms with van der Waals surface area (Å²) >= 11 is 2.03. The molecule has 2 amide bonds. The number of methoxy groups -OCH3 is 1. The number of aromatic hydroxyl groups is 1. The monoisotopic (exact) mass is 696 g/mol. The second-order valence-electron chi connectivity index (χ2n) is 10.7. The molecule has 43 heavy (non-hydrogen) atoms. The van der Waals surface area contributed by atoms with E-state index in [1.807, 2.05) is 52.9 Å². The summed E-state index contributed by atoms with van der Waals surface area (Å²) in [5, 5.41) is 42.7. The fraction of sp³-hybridized carbons (Fsp3) is 0.303. The van der Waals surface area contributed by atoms with Gasteiger partial charge in [-0.05, 0) is 107 Å². The highest BCUT2D eigenvalue weighted by atomic mass is 127. The van der Waals surface area contributed by atoms with Crippen LogP contribution in [0.2, 0.25) is 0 Å². The number of hydrogen-bond donors (Lipinski definition) is 4. The number of fused-ring (bicyclic) bond motifs is 1. The second-order valence-corrected chi connectivity index (χ2v) is 11.8. The molecule has 9 nitrogen and oxygen atoms in total. The lowest BCUT2D eigenvalue weighted by Gasteiger charge is -2.36. The molecule has 1 aromatic heterocycles. The highest BCUT2D eigenvalue weighted by Crippen LogP contribution is 2.47. The van der Waals surface area contributed by atoms with Crippen LogP contribution in [0.15, 0.2) is 78.0 Å². The predicted octanol–water partition coefficient (Wildman–Crippen LogP) is 4.19. The van der Waals surface area contributed by atoms with Crippen molar-refractivity contribution in [3.05, 3.63) is 92.8 Å². The number of aliphatic hydroxyl groups is 3. The molecule has 1 aliphatic heterocycles. The van der Waals surface area contributed by atoms with Crippen LogP contribution in [0.4, 0.5) is 5.69 Å². The third kappa shape index (κ3) is 6.10. The van der Waals surface area contributed by atoms with Gasteiger partial charge in [0.05, 0.1) is 53.2 Å². The summed E-state index contributed by atoms with van der Waals surface area (Å²) in [6.07, 6.45) is 3.22. The van der Waals surface area contributed by atoms with Crippen molar-refractivity contribution in [2.75, 3.05) is 25.2 Å². The van der Waals surface area contributed by atoms with Gasteiger partial charge in [0.25, 0.3) is 0 Å². The quantitative estimate of drug-likeness (QED) is 0.141. The Labute approximate surface area is 263 Å². The number of para-hydroxylation sites is 1. The predicted molar refractivity (Wildman–Crippen MR) is 170 cm³/mol. The van der Waals surface area contributed by atoms with Gasteiger partial charge < -0.3 is 25.2 Å². The van der Waals surface area contributed by atoms with Gasteiger partial charge in [0.1, 0.15) is 0 Å². The zero-order valence-electron chi connectivity index (χ0n) is 23.6. The number of anilines is 1. The smallest absolute Gasteiger partial charge is 0.238 e. The number of hydrogen-bond acceptors (Lipinski definition) is 8. The number of aliphatic hydroxyl groups excluding tert-OH is 3. The van der Waals surface area contributed by atoms with E-state index in [4.69, 9.17) is 4.74 Å². The number of phenols is 1. The zero-order chi connectivity index (χ0) is 30.7. The molecule has 2 heterocycles. The maximum absolute atomic E-state index is 13.6. The number of allylic oxidation sites excluding steroid dienone is 1. The third-order valence-electron chi connectivity index (χ3n) is 8.24. The van der Waals surface area contributed by atoms with Crippen LogP contribution in [0.1, 0.15) is 30.5 Å². The van der Waals surface area contributed by atoms with Crippen molar-refractivity contribution >= 4 is 51.7 Å². The number of pyridine rings is 1. The first-order valence-electron chi connectivity index (χ1n) is 14.0. The molecule has 0 spiro atoms. The van der Waals surface area contributed by atoms with Crippen molar-refractivity contribution in [1.82, 2.24) is 4.98 Å². The molecule has 2 aliphatic rings. The van der Waals surface area contributed by atoms with E-state index in [0.717, 1.165) is 16.0 Å². The number of phenolic OH excluding ortho intramolecular Hbond substituents is 1. The Morgan fingerprint density at radius 3 is 2.51 bits per heavy atom. The van der Waals surface area contributed by atoms with Crippen LogP contribution in [0.3, 0.4) is 0 Å². The van der Waals surface area contributed by atoms with Crippen LogP contribution in [-0.2, 0) is 9.59 Å². The summed E-state index contributed by atoms with van der Waals surface area (Å²) in [4.78, 5) is 32.7. The number of rotatable bonds is 10. The van der Waals surface area contributed by atoms with E-state index < -0.39 is 43.0 Å². The molecule has 0 radical (unpaired) electrons. The highest BCUT2D eigenvalue weighted by molar-refractivity contribution is 14.1. The average molecular weight is 697 g/mol. The Morgan fingerprint density at radius 2 is 1.86 bits per heavy atom. The van der Waals surface area contributed by atoms with Crippen molar-refractivity contribution in [1.29, 1.82) is 0 Å². The van der Waals surface area contributed by atoms with Crippen LogP contribution >= 0.6 is 22.6 Å². The minimum Gasteiger partial charge on any atom is -0.504 e. The number of carbonyl (C=O) groups excluding carboxylic acids is 2. The molecule has 1 fully saturated rings. The molecule has 0 unspecified atom stereocenters. The molecule has 0 saturated carbocycles.